The Morgan fingerprint density at radius 3 is 2.17 bits per heavy atom. The van der Waals surface area contributed by atoms with Crippen molar-refractivity contribution in [3.8, 4) is 0 Å². The number of aliphatic hydroxyl groups is 1. The second-order valence-electron chi connectivity index (χ2n) is 8.74. The van der Waals surface area contributed by atoms with Gasteiger partial charge in [0.05, 0.1) is 6.04 Å². The fraction of sp³-hybridized carbons (Fsp3) is 0.267. The molecule has 6 nitrogen and oxygen atoms in total. The van der Waals surface area contributed by atoms with Crippen molar-refractivity contribution in [2.45, 2.75) is 39.0 Å². The number of aliphatic hydroxyl groups excluding tert-OH is 1. The number of primary amides is 1. The highest BCUT2D eigenvalue weighted by atomic mass is 16.3. The van der Waals surface area contributed by atoms with E-state index in [1.54, 1.807) is 12.1 Å². The molecule has 2 atom stereocenters. The van der Waals surface area contributed by atoms with Gasteiger partial charge in [0.2, 0.25) is 5.91 Å². The van der Waals surface area contributed by atoms with E-state index in [0.717, 1.165) is 36.3 Å². The predicted octanol–water partition coefficient (Wildman–Crippen LogP) is 3.89. The zero-order valence-electron chi connectivity index (χ0n) is 20.9. The van der Waals surface area contributed by atoms with Gasteiger partial charge in [-0.3, -0.25) is 14.5 Å². The van der Waals surface area contributed by atoms with E-state index in [0.29, 0.717) is 5.56 Å². The van der Waals surface area contributed by atoms with E-state index >= 15 is 0 Å². The molecule has 36 heavy (non-hydrogen) atoms. The predicted molar refractivity (Wildman–Crippen MR) is 145 cm³/mol. The molecule has 2 amide bonds. The van der Waals surface area contributed by atoms with Gasteiger partial charge in [0.15, 0.2) is 6.10 Å². The maximum absolute atomic E-state index is 13.2. The second kappa shape index (κ2) is 13.4. The van der Waals surface area contributed by atoms with Crippen LogP contribution in [-0.4, -0.2) is 47.1 Å². The lowest BCUT2D eigenvalue weighted by atomic mass is 9.99. The smallest absolute Gasteiger partial charge is 0.252 e. The Morgan fingerprint density at radius 1 is 0.889 bits per heavy atom. The molecule has 6 heteroatoms. The van der Waals surface area contributed by atoms with E-state index in [1.165, 1.54) is 5.56 Å². The lowest BCUT2D eigenvalue weighted by molar-refractivity contribution is -0.127. The number of benzene rings is 3. The summed E-state index contributed by atoms with van der Waals surface area (Å²) < 4.78 is 0. The molecule has 0 spiro atoms. The van der Waals surface area contributed by atoms with Gasteiger partial charge in [-0.05, 0) is 47.8 Å². The molecule has 2 unspecified atom stereocenters. The minimum absolute atomic E-state index is 0.272. The fourth-order valence-electron chi connectivity index (χ4n) is 4.03. The number of nitrogens with zero attached hydrogens (tertiary/aromatic N) is 1. The fourth-order valence-corrected chi connectivity index (χ4v) is 4.03. The summed E-state index contributed by atoms with van der Waals surface area (Å²) in [4.78, 5) is 27.3. The maximum Gasteiger partial charge on any atom is 0.252 e. The summed E-state index contributed by atoms with van der Waals surface area (Å²) in [5.74, 6) is -1.26. The average molecular weight is 486 g/mol. The van der Waals surface area contributed by atoms with Gasteiger partial charge >= 0.3 is 0 Å². The monoisotopic (exact) mass is 485 g/mol. The molecule has 0 aliphatic rings. The summed E-state index contributed by atoms with van der Waals surface area (Å²) in [6.45, 7) is 7.26. The van der Waals surface area contributed by atoms with Crippen LogP contribution in [0.15, 0.2) is 78.9 Å². The average Bonchev–Trinajstić information content (AvgIpc) is 2.91. The Labute approximate surface area is 213 Å². The van der Waals surface area contributed by atoms with Gasteiger partial charge in [0.25, 0.3) is 5.91 Å². The number of nitrogens with two attached hydrogens (primary N) is 1. The number of amides is 2. The van der Waals surface area contributed by atoms with Gasteiger partial charge in [0, 0.05) is 12.1 Å². The van der Waals surface area contributed by atoms with Crippen molar-refractivity contribution >= 4 is 24.0 Å². The summed E-state index contributed by atoms with van der Waals surface area (Å²) in [5, 5.41) is 13.2. The van der Waals surface area contributed by atoms with Crippen LogP contribution in [0.4, 0.5) is 0 Å². The minimum atomic E-state index is -1.51. The highest BCUT2D eigenvalue weighted by Crippen LogP contribution is 2.16. The number of rotatable bonds is 12. The topological polar surface area (TPSA) is 95.7 Å². The zero-order chi connectivity index (χ0) is 25.9. The number of carbonyl (C=O) groups is 2. The third-order valence-electron chi connectivity index (χ3n) is 6.23. The zero-order valence-corrected chi connectivity index (χ0v) is 20.9. The van der Waals surface area contributed by atoms with Crippen LogP contribution < -0.4 is 11.1 Å². The SMILES string of the molecule is CCN(CC)Cc1ccc(/C=C/c2ccccc2C(=O)NC(Cc2ccccc2)C(O)C(N)=O)cc1. The molecule has 0 radical (unpaired) electrons. The Bertz CT molecular complexity index is 1160. The van der Waals surface area contributed by atoms with Crippen LogP contribution in [0.5, 0.6) is 0 Å². The van der Waals surface area contributed by atoms with Crippen molar-refractivity contribution in [2.24, 2.45) is 5.73 Å². The van der Waals surface area contributed by atoms with Gasteiger partial charge in [-0.25, -0.2) is 0 Å². The molecule has 0 aromatic heterocycles. The molecule has 0 aliphatic heterocycles. The van der Waals surface area contributed by atoms with E-state index in [9.17, 15) is 14.7 Å². The van der Waals surface area contributed by atoms with Gasteiger partial charge in [-0.2, -0.15) is 0 Å². The van der Waals surface area contributed by atoms with E-state index in [1.807, 2.05) is 54.6 Å². The van der Waals surface area contributed by atoms with Crippen molar-refractivity contribution in [1.29, 1.82) is 0 Å². The van der Waals surface area contributed by atoms with Crippen molar-refractivity contribution in [3.05, 3.63) is 107 Å². The van der Waals surface area contributed by atoms with E-state index < -0.39 is 18.1 Å². The summed E-state index contributed by atoms with van der Waals surface area (Å²) >= 11 is 0. The van der Waals surface area contributed by atoms with Crippen LogP contribution >= 0.6 is 0 Å². The highest BCUT2D eigenvalue weighted by molar-refractivity contribution is 5.99. The first-order chi connectivity index (χ1) is 17.4. The molecule has 0 saturated heterocycles. The Balaban J connectivity index is 1.75. The molecule has 0 bridgehead atoms. The first-order valence-corrected chi connectivity index (χ1v) is 12.3. The highest BCUT2D eigenvalue weighted by Gasteiger charge is 2.27. The van der Waals surface area contributed by atoms with Crippen molar-refractivity contribution in [3.63, 3.8) is 0 Å². The standard InChI is InChI=1S/C30H35N3O3/c1-3-33(4-2)21-24-16-14-22(15-17-24)18-19-25-12-8-9-13-26(25)30(36)32-27(28(34)29(31)35)20-23-10-6-5-7-11-23/h5-19,27-28,34H,3-4,20-21H2,1-2H3,(H2,31,35)(H,32,36)/b19-18+. The summed E-state index contributed by atoms with van der Waals surface area (Å²) in [7, 11) is 0. The molecule has 0 fully saturated rings. The molecular weight excluding hydrogens is 450 g/mol. The summed E-state index contributed by atoms with van der Waals surface area (Å²) in [5.41, 5.74) is 9.68. The number of hydrogen-bond acceptors (Lipinski definition) is 4. The van der Waals surface area contributed by atoms with Crippen molar-refractivity contribution in [1.82, 2.24) is 10.2 Å². The van der Waals surface area contributed by atoms with Crippen LogP contribution in [0.25, 0.3) is 12.2 Å². The quantitative estimate of drug-likeness (QED) is 0.339. The lowest BCUT2D eigenvalue weighted by Gasteiger charge is -2.22. The summed E-state index contributed by atoms with van der Waals surface area (Å²) in [6, 6.07) is 24.1. The van der Waals surface area contributed by atoms with E-state index in [2.05, 4.69) is 48.3 Å². The van der Waals surface area contributed by atoms with Crippen molar-refractivity contribution < 1.29 is 14.7 Å². The van der Waals surface area contributed by atoms with Crippen molar-refractivity contribution in [2.75, 3.05) is 13.1 Å². The van der Waals surface area contributed by atoms with Gasteiger partial charge < -0.3 is 16.2 Å². The molecule has 0 aliphatic carbocycles. The molecule has 0 heterocycles. The molecule has 4 N–H and O–H groups in total. The Morgan fingerprint density at radius 2 is 1.53 bits per heavy atom. The normalized spacial score (nSPS) is 13.0. The van der Waals surface area contributed by atoms with E-state index in [4.69, 9.17) is 5.73 Å². The first kappa shape index (κ1) is 26.9. The van der Waals surface area contributed by atoms with Gasteiger partial charge in [-0.1, -0.05) is 98.8 Å². The van der Waals surface area contributed by atoms with Crippen LogP contribution in [-0.2, 0) is 17.8 Å². The number of nitrogens with one attached hydrogen (secondary N) is 1. The molecule has 3 aromatic carbocycles. The maximum atomic E-state index is 13.2. The van der Waals surface area contributed by atoms with Crippen LogP contribution in [0.1, 0.15) is 46.5 Å². The van der Waals surface area contributed by atoms with Crippen LogP contribution in [0, 0.1) is 0 Å². The third-order valence-corrected chi connectivity index (χ3v) is 6.23. The molecule has 3 aromatic rings. The Hall–Kier alpha value is -3.74. The summed E-state index contributed by atoms with van der Waals surface area (Å²) in [6.07, 6.45) is 2.62. The second-order valence-corrected chi connectivity index (χ2v) is 8.74. The molecule has 188 valence electrons. The van der Waals surface area contributed by atoms with Gasteiger partial charge in [0.1, 0.15) is 0 Å². The number of hydrogen-bond donors (Lipinski definition) is 3. The lowest BCUT2D eigenvalue weighted by Crippen LogP contribution is -2.50. The molecule has 0 saturated carbocycles. The molecule has 3 rings (SSSR count). The van der Waals surface area contributed by atoms with E-state index in [-0.39, 0.29) is 12.3 Å². The minimum Gasteiger partial charge on any atom is -0.381 e. The number of carbonyl (C=O) groups excluding carboxylic acids is 2. The van der Waals surface area contributed by atoms with Gasteiger partial charge in [-0.15, -0.1) is 0 Å². The third kappa shape index (κ3) is 7.63. The van der Waals surface area contributed by atoms with Crippen LogP contribution in [0.3, 0.4) is 0 Å². The largest absolute Gasteiger partial charge is 0.381 e. The first-order valence-electron chi connectivity index (χ1n) is 12.3. The molecular formula is C30H35N3O3. The Kier molecular flexibility index (Phi) is 9.98. The van der Waals surface area contributed by atoms with Crippen LogP contribution in [0.2, 0.25) is 0 Å².